The van der Waals surface area contributed by atoms with E-state index in [0.29, 0.717) is 30.5 Å². The molecule has 2 heterocycles. The van der Waals surface area contributed by atoms with Crippen LogP contribution in [-0.2, 0) is 10.0 Å². The summed E-state index contributed by atoms with van der Waals surface area (Å²) in [6.45, 7) is 6.93. The van der Waals surface area contributed by atoms with Gasteiger partial charge in [0.2, 0.25) is 10.0 Å². The van der Waals surface area contributed by atoms with Gasteiger partial charge in [0.15, 0.2) is 0 Å². The van der Waals surface area contributed by atoms with Crippen molar-refractivity contribution in [1.82, 2.24) is 9.21 Å². The summed E-state index contributed by atoms with van der Waals surface area (Å²) in [7, 11) is -3.50. The Hall–Kier alpha value is -1.40. The SMILES string of the molecule is CC1CC(C)CN(S(=O)(=O)c2ccc(C(=O)N3CCCCCCC3)cc2)C1. The topological polar surface area (TPSA) is 57.7 Å². The molecule has 150 valence electrons. The second kappa shape index (κ2) is 8.74. The quantitative estimate of drug-likeness (QED) is 0.787. The van der Waals surface area contributed by atoms with Gasteiger partial charge in [-0.2, -0.15) is 4.31 Å². The third-order valence-corrected chi connectivity index (χ3v) is 7.56. The summed E-state index contributed by atoms with van der Waals surface area (Å²) in [6.07, 6.45) is 6.76. The number of carbonyl (C=O) groups is 1. The molecule has 0 aliphatic carbocycles. The summed E-state index contributed by atoms with van der Waals surface area (Å²) in [5.74, 6) is 0.758. The van der Waals surface area contributed by atoms with E-state index >= 15 is 0 Å². The standard InChI is InChI=1S/C21H32N2O3S/c1-17-14-18(2)16-23(15-17)27(25,26)20-10-8-19(9-11-20)21(24)22-12-6-4-3-5-7-13-22/h8-11,17-18H,3-7,12-16H2,1-2H3. The lowest BCUT2D eigenvalue weighted by atomic mass is 9.94. The number of likely N-dealkylation sites (tertiary alicyclic amines) is 1. The first-order valence-corrected chi connectivity index (χ1v) is 11.7. The molecule has 3 rings (SSSR count). The van der Waals surface area contributed by atoms with E-state index in [-0.39, 0.29) is 10.8 Å². The zero-order valence-corrected chi connectivity index (χ0v) is 17.4. The summed E-state index contributed by atoms with van der Waals surface area (Å²) >= 11 is 0. The lowest BCUT2D eigenvalue weighted by molar-refractivity contribution is 0.0742. The molecule has 0 saturated carbocycles. The molecule has 5 nitrogen and oxygen atoms in total. The Bertz CT molecular complexity index is 727. The van der Waals surface area contributed by atoms with E-state index in [4.69, 9.17) is 0 Å². The van der Waals surface area contributed by atoms with Crippen molar-refractivity contribution in [2.24, 2.45) is 11.8 Å². The predicted molar refractivity (Wildman–Crippen MR) is 107 cm³/mol. The molecule has 2 atom stereocenters. The molecule has 27 heavy (non-hydrogen) atoms. The van der Waals surface area contributed by atoms with Gasteiger partial charge in [-0.3, -0.25) is 4.79 Å². The maximum atomic E-state index is 13.0. The van der Waals surface area contributed by atoms with E-state index in [0.717, 1.165) is 32.4 Å². The van der Waals surface area contributed by atoms with Gasteiger partial charge in [0, 0.05) is 31.7 Å². The van der Waals surface area contributed by atoms with Crippen molar-refractivity contribution in [2.45, 2.75) is 57.3 Å². The Morgan fingerprint density at radius 3 is 1.96 bits per heavy atom. The second-order valence-electron chi connectivity index (χ2n) is 8.35. The summed E-state index contributed by atoms with van der Waals surface area (Å²) in [4.78, 5) is 15.0. The van der Waals surface area contributed by atoms with Crippen LogP contribution < -0.4 is 0 Å². The van der Waals surface area contributed by atoms with Crippen molar-refractivity contribution >= 4 is 15.9 Å². The van der Waals surface area contributed by atoms with Crippen LogP contribution in [0.4, 0.5) is 0 Å². The molecule has 1 aromatic rings. The van der Waals surface area contributed by atoms with Gasteiger partial charge in [0.25, 0.3) is 5.91 Å². The molecular formula is C21H32N2O3S. The lowest BCUT2D eigenvalue weighted by Crippen LogP contribution is -2.42. The maximum absolute atomic E-state index is 13.0. The van der Waals surface area contributed by atoms with Crippen molar-refractivity contribution in [1.29, 1.82) is 0 Å². The Labute approximate surface area is 163 Å². The van der Waals surface area contributed by atoms with Crippen molar-refractivity contribution in [3.8, 4) is 0 Å². The van der Waals surface area contributed by atoms with E-state index in [1.165, 1.54) is 19.3 Å². The summed E-state index contributed by atoms with van der Waals surface area (Å²) in [5, 5.41) is 0. The lowest BCUT2D eigenvalue weighted by Gasteiger charge is -2.34. The first-order chi connectivity index (χ1) is 12.9. The number of amides is 1. The third-order valence-electron chi connectivity index (χ3n) is 5.72. The van der Waals surface area contributed by atoms with Crippen molar-refractivity contribution < 1.29 is 13.2 Å². The molecule has 0 radical (unpaired) electrons. The normalized spacial score (nSPS) is 25.6. The largest absolute Gasteiger partial charge is 0.339 e. The van der Waals surface area contributed by atoms with E-state index in [9.17, 15) is 13.2 Å². The molecular weight excluding hydrogens is 360 g/mol. The summed E-state index contributed by atoms with van der Waals surface area (Å²) in [5.41, 5.74) is 0.579. The van der Waals surface area contributed by atoms with E-state index < -0.39 is 10.0 Å². The molecule has 0 aromatic heterocycles. The van der Waals surface area contributed by atoms with Crippen molar-refractivity contribution in [3.63, 3.8) is 0 Å². The fourth-order valence-corrected chi connectivity index (χ4v) is 6.03. The minimum atomic E-state index is -3.50. The average molecular weight is 393 g/mol. The summed E-state index contributed by atoms with van der Waals surface area (Å²) < 4.78 is 27.5. The molecule has 0 N–H and O–H groups in total. The van der Waals surface area contributed by atoms with Gasteiger partial charge < -0.3 is 4.90 Å². The van der Waals surface area contributed by atoms with Gasteiger partial charge in [-0.05, 0) is 55.4 Å². The maximum Gasteiger partial charge on any atom is 0.253 e. The fraction of sp³-hybridized carbons (Fsp3) is 0.667. The summed E-state index contributed by atoms with van der Waals surface area (Å²) in [6, 6.07) is 6.53. The van der Waals surface area contributed by atoms with Crippen molar-refractivity contribution in [3.05, 3.63) is 29.8 Å². The van der Waals surface area contributed by atoms with Gasteiger partial charge in [0.1, 0.15) is 0 Å². The minimum Gasteiger partial charge on any atom is -0.339 e. The molecule has 2 saturated heterocycles. The van der Waals surface area contributed by atoms with E-state index in [1.807, 2.05) is 4.90 Å². The number of sulfonamides is 1. The number of piperidine rings is 1. The van der Waals surface area contributed by atoms with Crippen LogP contribution in [0.3, 0.4) is 0 Å². The van der Waals surface area contributed by atoms with E-state index in [1.54, 1.807) is 28.6 Å². The predicted octanol–water partition coefficient (Wildman–Crippen LogP) is 3.76. The zero-order chi connectivity index (χ0) is 19.4. The second-order valence-corrected chi connectivity index (χ2v) is 10.3. The zero-order valence-electron chi connectivity index (χ0n) is 16.6. The number of rotatable bonds is 3. The third kappa shape index (κ3) is 4.91. The molecule has 2 aliphatic rings. The Morgan fingerprint density at radius 1 is 0.889 bits per heavy atom. The Morgan fingerprint density at radius 2 is 1.41 bits per heavy atom. The fourth-order valence-electron chi connectivity index (χ4n) is 4.35. The highest BCUT2D eigenvalue weighted by atomic mass is 32.2. The molecule has 0 bridgehead atoms. The highest BCUT2D eigenvalue weighted by molar-refractivity contribution is 7.89. The van der Waals surface area contributed by atoms with Gasteiger partial charge in [-0.25, -0.2) is 8.42 Å². The number of carbonyl (C=O) groups excluding carboxylic acids is 1. The molecule has 1 aromatic carbocycles. The van der Waals surface area contributed by atoms with Gasteiger partial charge in [-0.15, -0.1) is 0 Å². The van der Waals surface area contributed by atoms with Crippen LogP contribution in [0.25, 0.3) is 0 Å². The Kier molecular flexibility index (Phi) is 6.58. The smallest absolute Gasteiger partial charge is 0.253 e. The van der Waals surface area contributed by atoms with Crippen LogP contribution in [0.5, 0.6) is 0 Å². The van der Waals surface area contributed by atoms with Crippen LogP contribution >= 0.6 is 0 Å². The van der Waals surface area contributed by atoms with Crippen LogP contribution in [0, 0.1) is 11.8 Å². The molecule has 2 fully saturated rings. The molecule has 6 heteroatoms. The molecule has 2 aliphatic heterocycles. The first-order valence-electron chi connectivity index (χ1n) is 10.3. The molecule has 0 spiro atoms. The monoisotopic (exact) mass is 392 g/mol. The van der Waals surface area contributed by atoms with Gasteiger partial charge >= 0.3 is 0 Å². The van der Waals surface area contributed by atoms with E-state index in [2.05, 4.69) is 13.8 Å². The van der Waals surface area contributed by atoms with Gasteiger partial charge in [0.05, 0.1) is 4.90 Å². The van der Waals surface area contributed by atoms with Crippen LogP contribution in [-0.4, -0.2) is 49.7 Å². The number of benzene rings is 1. The molecule has 1 amide bonds. The molecule has 2 unspecified atom stereocenters. The van der Waals surface area contributed by atoms with Crippen LogP contribution in [0.15, 0.2) is 29.2 Å². The van der Waals surface area contributed by atoms with Crippen molar-refractivity contribution in [2.75, 3.05) is 26.2 Å². The van der Waals surface area contributed by atoms with Crippen LogP contribution in [0.2, 0.25) is 0 Å². The number of nitrogens with zero attached hydrogens (tertiary/aromatic N) is 2. The average Bonchev–Trinajstić information content (AvgIpc) is 2.60. The van der Waals surface area contributed by atoms with Crippen LogP contribution in [0.1, 0.15) is 62.7 Å². The first kappa shape index (κ1) is 20.3. The minimum absolute atomic E-state index is 0.0149. The van der Waals surface area contributed by atoms with Gasteiger partial charge in [-0.1, -0.05) is 33.1 Å². The highest BCUT2D eigenvalue weighted by Crippen LogP contribution is 2.27. The Balaban J connectivity index is 1.73. The highest BCUT2D eigenvalue weighted by Gasteiger charge is 2.31. The number of hydrogen-bond acceptors (Lipinski definition) is 3. The number of hydrogen-bond donors (Lipinski definition) is 0.